The van der Waals surface area contributed by atoms with Crippen LogP contribution in [0.4, 0.5) is 37.7 Å². The van der Waals surface area contributed by atoms with Crippen LogP contribution in [0.5, 0.6) is 0 Å². The molecule has 0 bridgehead atoms. The molecule has 9 heteroatoms. The molecule has 0 aliphatic carbocycles. The monoisotopic (exact) mass is 381 g/mol. The van der Waals surface area contributed by atoms with Crippen molar-refractivity contribution in [3.8, 4) is 12.1 Å². The third-order valence-electron chi connectivity index (χ3n) is 4.27. The molecule has 138 valence electrons. The van der Waals surface area contributed by atoms with Crippen LogP contribution in [0.2, 0.25) is 0 Å². The molecule has 3 rings (SSSR count). The highest BCUT2D eigenvalue weighted by molar-refractivity contribution is 5.77. The van der Waals surface area contributed by atoms with E-state index in [9.17, 15) is 36.9 Å². The molecule has 0 N–H and O–H groups in total. The van der Waals surface area contributed by atoms with Gasteiger partial charge in [0.2, 0.25) is 0 Å². The maximum absolute atomic E-state index is 14.3. The molecule has 0 fully saturated rings. The molecule has 1 aliphatic rings. The van der Waals surface area contributed by atoms with Crippen molar-refractivity contribution in [2.45, 2.75) is 18.8 Å². The number of rotatable bonds is 1. The van der Waals surface area contributed by atoms with Crippen molar-refractivity contribution in [2.24, 2.45) is 0 Å². The third-order valence-corrected chi connectivity index (χ3v) is 4.27. The van der Waals surface area contributed by atoms with E-state index in [-0.39, 0.29) is 35.5 Å². The first-order chi connectivity index (χ1) is 12.7. The van der Waals surface area contributed by atoms with Crippen molar-refractivity contribution < 1.29 is 26.3 Å². The number of benzene rings is 2. The Bertz CT molecular complexity index is 1000. The zero-order valence-corrected chi connectivity index (χ0v) is 13.4. The third kappa shape index (κ3) is 3.06. The van der Waals surface area contributed by atoms with Crippen LogP contribution in [-0.2, 0) is 6.18 Å². The van der Waals surface area contributed by atoms with Gasteiger partial charge in [0.15, 0.2) is 5.82 Å². The first kappa shape index (κ1) is 18.6. The summed E-state index contributed by atoms with van der Waals surface area (Å²) in [5, 5.41) is 18.5. The average molecular weight is 381 g/mol. The smallest absolute Gasteiger partial charge is 0.339 e. The minimum atomic E-state index is -5.00. The second-order valence-electron chi connectivity index (χ2n) is 5.84. The normalized spacial score (nSPS) is 16.4. The van der Waals surface area contributed by atoms with Crippen molar-refractivity contribution in [1.29, 1.82) is 10.5 Å². The predicted octanol–water partition coefficient (Wildman–Crippen LogP) is 5.28. The lowest BCUT2D eigenvalue weighted by Crippen LogP contribution is -2.28. The quantitative estimate of drug-likeness (QED) is 0.632. The van der Waals surface area contributed by atoms with E-state index in [1.165, 1.54) is 11.0 Å². The van der Waals surface area contributed by atoms with E-state index in [0.717, 1.165) is 18.2 Å². The van der Waals surface area contributed by atoms with Gasteiger partial charge < -0.3 is 4.90 Å². The number of nitrogens with zero attached hydrogens (tertiary/aromatic N) is 3. The fraction of sp³-hybridized carbons (Fsp3) is 0.222. The van der Waals surface area contributed by atoms with Crippen LogP contribution in [0.15, 0.2) is 24.3 Å². The maximum atomic E-state index is 14.3. The fourth-order valence-corrected chi connectivity index (χ4v) is 3.11. The van der Waals surface area contributed by atoms with E-state index in [4.69, 9.17) is 0 Å². The summed E-state index contributed by atoms with van der Waals surface area (Å²) in [5.41, 5.74) is -3.28. The van der Waals surface area contributed by atoms with E-state index in [1.54, 1.807) is 6.07 Å². The minimum absolute atomic E-state index is 0.0895. The van der Waals surface area contributed by atoms with Gasteiger partial charge in [0.1, 0.15) is 29.7 Å². The van der Waals surface area contributed by atoms with Crippen molar-refractivity contribution in [3.05, 3.63) is 58.2 Å². The molecule has 0 spiro atoms. The van der Waals surface area contributed by atoms with Gasteiger partial charge in [-0.15, -0.1) is 0 Å². The van der Waals surface area contributed by atoms with Gasteiger partial charge in [-0.3, -0.25) is 0 Å². The topological polar surface area (TPSA) is 50.8 Å². The van der Waals surface area contributed by atoms with E-state index in [1.807, 2.05) is 0 Å². The molecule has 0 amide bonds. The summed E-state index contributed by atoms with van der Waals surface area (Å²) in [5.74, 6) is -2.61. The van der Waals surface area contributed by atoms with Gasteiger partial charge in [-0.05, 0) is 24.3 Å². The second kappa shape index (κ2) is 6.51. The van der Waals surface area contributed by atoms with Gasteiger partial charge in [0, 0.05) is 18.5 Å². The van der Waals surface area contributed by atoms with Gasteiger partial charge >= 0.3 is 6.18 Å². The highest BCUT2D eigenvalue weighted by Crippen LogP contribution is 2.45. The molecule has 0 radical (unpaired) electrons. The number of fused-ring (bicyclic) bond motifs is 1. The lowest BCUT2D eigenvalue weighted by atomic mass is 9.94. The van der Waals surface area contributed by atoms with Crippen molar-refractivity contribution in [3.63, 3.8) is 0 Å². The van der Waals surface area contributed by atoms with E-state index < -0.39 is 35.1 Å². The molecule has 0 saturated carbocycles. The number of alkyl halides is 4. The summed E-state index contributed by atoms with van der Waals surface area (Å²) < 4.78 is 80.9. The summed E-state index contributed by atoms with van der Waals surface area (Å²) in [7, 11) is 0. The van der Waals surface area contributed by atoms with Crippen molar-refractivity contribution >= 4 is 11.4 Å². The highest BCUT2D eigenvalue weighted by Gasteiger charge is 2.37. The maximum Gasteiger partial charge on any atom is 0.419 e. The Balaban J connectivity index is 2.27. The van der Waals surface area contributed by atoms with Gasteiger partial charge in [-0.1, -0.05) is 0 Å². The molecular weight excluding hydrogens is 372 g/mol. The Labute approximate surface area is 149 Å². The molecule has 27 heavy (non-hydrogen) atoms. The first-order valence-electron chi connectivity index (χ1n) is 7.64. The molecular formula is C18H9F6N3. The Morgan fingerprint density at radius 2 is 1.78 bits per heavy atom. The van der Waals surface area contributed by atoms with Crippen LogP contribution in [0.25, 0.3) is 0 Å². The van der Waals surface area contributed by atoms with Crippen molar-refractivity contribution in [2.75, 3.05) is 11.4 Å². The fourth-order valence-electron chi connectivity index (χ4n) is 3.11. The minimum Gasteiger partial charge on any atom is -0.339 e. The van der Waals surface area contributed by atoms with E-state index in [2.05, 4.69) is 0 Å². The largest absolute Gasteiger partial charge is 0.419 e. The molecule has 2 aromatic rings. The molecule has 1 heterocycles. The summed E-state index contributed by atoms with van der Waals surface area (Å²) >= 11 is 0. The number of halogens is 6. The van der Waals surface area contributed by atoms with Crippen LogP contribution in [-0.4, -0.2) is 6.54 Å². The highest BCUT2D eigenvalue weighted by atomic mass is 19.4. The van der Waals surface area contributed by atoms with E-state index >= 15 is 0 Å². The standard InChI is InChI=1S/C18H9F6N3/c19-10-5-9(7-25)17-11(6-10)14(20)3-4-27(17)15-2-1-13(18(22,23)24)16(21)12(15)8-26/h1-2,5-6,14H,3-4H2/t14-/m1/s1. The number of hydrogen-bond donors (Lipinski definition) is 0. The Kier molecular flexibility index (Phi) is 4.48. The SMILES string of the molecule is N#Cc1cc(F)cc2c1N(c1ccc(C(F)(F)F)c(F)c1C#N)CC[C@H]2F. The van der Waals surface area contributed by atoms with Gasteiger partial charge in [-0.2, -0.15) is 23.7 Å². The van der Waals surface area contributed by atoms with Gasteiger partial charge in [0.05, 0.1) is 22.5 Å². The molecule has 0 saturated heterocycles. The van der Waals surface area contributed by atoms with Crippen LogP contribution >= 0.6 is 0 Å². The molecule has 0 aromatic heterocycles. The number of nitriles is 2. The van der Waals surface area contributed by atoms with Crippen LogP contribution < -0.4 is 4.90 Å². The summed E-state index contributed by atoms with van der Waals surface area (Å²) in [6.07, 6.45) is -6.78. The zero-order chi connectivity index (χ0) is 19.9. The summed E-state index contributed by atoms with van der Waals surface area (Å²) in [6, 6.07) is 6.17. The Hall–Kier alpha value is -3.20. The van der Waals surface area contributed by atoms with Crippen LogP contribution in [0.1, 0.15) is 34.8 Å². The van der Waals surface area contributed by atoms with Gasteiger partial charge in [0.25, 0.3) is 0 Å². The molecule has 3 nitrogen and oxygen atoms in total. The lowest BCUT2D eigenvalue weighted by molar-refractivity contribution is -0.140. The zero-order valence-electron chi connectivity index (χ0n) is 13.4. The Morgan fingerprint density at radius 1 is 1.07 bits per heavy atom. The van der Waals surface area contributed by atoms with Crippen molar-refractivity contribution in [1.82, 2.24) is 0 Å². The lowest BCUT2D eigenvalue weighted by Gasteiger charge is -2.34. The molecule has 0 unspecified atom stereocenters. The Morgan fingerprint density at radius 3 is 2.37 bits per heavy atom. The van der Waals surface area contributed by atoms with Gasteiger partial charge in [-0.25, -0.2) is 13.2 Å². The molecule has 1 atom stereocenters. The average Bonchev–Trinajstić information content (AvgIpc) is 2.60. The predicted molar refractivity (Wildman–Crippen MR) is 82.7 cm³/mol. The first-order valence-corrected chi connectivity index (χ1v) is 7.64. The molecule has 1 aliphatic heterocycles. The summed E-state index contributed by atoms with van der Waals surface area (Å²) in [4.78, 5) is 1.17. The summed E-state index contributed by atoms with van der Waals surface area (Å²) in [6.45, 7) is -0.131. The molecule has 2 aromatic carbocycles. The van der Waals surface area contributed by atoms with Crippen LogP contribution in [0, 0.1) is 34.3 Å². The van der Waals surface area contributed by atoms with E-state index in [0.29, 0.717) is 6.07 Å². The van der Waals surface area contributed by atoms with Crippen LogP contribution in [0.3, 0.4) is 0 Å². The number of hydrogen-bond acceptors (Lipinski definition) is 3. The number of anilines is 2. The second-order valence-corrected chi connectivity index (χ2v) is 5.84.